The Morgan fingerprint density at radius 1 is 1.00 bits per heavy atom. The van der Waals surface area contributed by atoms with E-state index in [0.29, 0.717) is 30.4 Å². The number of hydrogen-bond donors (Lipinski definition) is 1. The van der Waals surface area contributed by atoms with Crippen LogP contribution in [0.15, 0.2) is 47.3 Å². The third kappa shape index (κ3) is 4.14. The Balaban J connectivity index is 1.56. The Kier molecular flexibility index (Phi) is 4.99. The lowest BCUT2D eigenvalue weighted by Gasteiger charge is -2.08. The van der Waals surface area contributed by atoms with E-state index in [9.17, 15) is 0 Å². The van der Waals surface area contributed by atoms with Crippen molar-refractivity contribution < 1.29 is 14.6 Å². The van der Waals surface area contributed by atoms with Gasteiger partial charge in [-0.3, -0.25) is 4.98 Å². The van der Waals surface area contributed by atoms with Gasteiger partial charge in [-0.25, -0.2) is 9.97 Å². The standard InChI is InChI=1S/C16H14BrN3O3/c17-12-1-2-14-15(6-12)20-16(9-19-14)23-4-3-22-13-5-11(10-21)7-18-8-13/h1-2,5-9,21H,3-4,10H2. The van der Waals surface area contributed by atoms with Crippen molar-refractivity contribution in [2.24, 2.45) is 0 Å². The second-order valence-corrected chi connectivity index (χ2v) is 5.64. The molecule has 7 heteroatoms. The fraction of sp³-hybridized carbons (Fsp3) is 0.188. The number of aliphatic hydroxyl groups is 1. The largest absolute Gasteiger partial charge is 0.488 e. The summed E-state index contributed by atoms with van der Waals surface area (Å²) in [7, 11) is 0. The maximum Gasteiger partial charge on any atom is 0.233 e. The summed E-state index contributed by atoms with van der Waals surface area (Å²) in [6, 6.07) is 7.43. The Bertz CT molecular complexity index is 813. The number of fused-ring (bicyclic) bond motifs is 1. The maximum atomic E-state index is 9.05. The highest BCUT2D eigenvalue weighted by Crippen LogP contribution is 2.18. The number of ether oxygens (including phenoxy) is 2. The molecule has 1 aromatic carbocycles. The minimum Gasteiger partial charge on any atom is -0.488 e. The number of nitrogens with zero attached hydrogens (tertiary/aromatic N) is 3. The molecule has 0 atom stereocenters. The molecule has 0 aliphatic heterocycles. The molecule has 0 bridgehead atoms. The Morgan fingerprint density at radius 2 is 1.87 bits per heavy atom. The lowest BCUT2D eigenvalue weighted by atomic mass is 10.3. The first-order chi connectivity index (χ1) is 11.2. The number of rotatable bonds is 6. The van der Waals surface area contributed by atoms with Gasteiger partial charge >= 0.3 is 0 Å². The first-order valence-corrected chi connectivity index (χ1v) is 7.76. The molecule has 1 N–H and O–H groups in total. The molecule has 0 radical (unpaired) electrons. The molecule has 0 saturated carbocycles. The monoisotopic (exact) mass is 375 g/mol. The quantitative estimate of drug-likeness (QED) is 0.667. The van der Waals surface area contributed by atoms with Crippen LogP contribution in [0.4, 0.5) is 0 Å². The molecule has 0 fully saturated rings. The summed E-state index contributed by atoms with van der Waals surface area (Å²) in [4.78, 5) is 12.7. The van der Waals surface area contributed by atoms with Gasteiger partial charge in [0, 0.05) is 10.7 Å². The second-order valence-electron chi connectivity index (χ2n) is 4.73. The zero-order chi connectivity index (χ0) is 16.1. The minimum atomic E-state index is -0.0665. The fourth-order valence-corrected chi connectivity index (χ4v) is 2.32. The van der Waals surface area contributed by atoms with Crippen LogP contribution in [-0.2, 0) is 6.61 Å². The number of aromatic nitrogens is 3. The molecule has 0 spiro atoms. The number of benzene rings is 1. The van der Waals surface area contributed by atoms with E-state index in [1.54, 1.807) is 24.7 Å². The van der Waals surface area contributed by atoms with Crippen LogP contribution in [0.5, 0.6) is 11.6 Å². The highest BCUT2D eigenvalue weighted by molar-refractivity contribution is 9.10. The third-order valence-electron chi connectivity index (χ3n) is 3.04. The van der Waals surface area contributed by atoms with Gasteiger partial charge in [0.25, 0.3) is 0 Å². The van der Waals surface area contributed by atoms with Gasteiger partial charge in [-0.2, -0.15) is 0 Å². The molecule has 118 valence electrons. The van der Waals surface area contributed by atoms with Crippen molar-refractivity contribution in [2.75, 3.05) is 13.2 Å². The van der Waals surface area contributed by atoms with Gasteiger partial charge in [-0.15, -0.1) is 0 Å². The number of pyridine rings is 1. The molecule has 0 saturated heterocycles. The van der Waals surface area contributed by atoms with Gasteiger partial charge in [0.2, 0.25) is 5.88 Å². The van der Waals surface area contributed by atoms with E-state index in [1.165, 1.54) is 0 Å². The highest BCUT2D eigenvalue weighted by atomic mass is 79.9. The van der Waals surface area contributed by atoms with Crippen LogP contribution in [-0.4, -0.2) is 33.3 Å². The van der Waals surface area contributed by atoms with Crippen molar-refractivity contribution in [3.8, 4) is 11.6 Å². The van der Waals surface area contributed by atoms with Crippen molar-refractivity contribution in [3.63, 3.8) is 0 Å². The molecule has 2 heterocycles. The molecule has 0 unspecified atom stereocenters. The van der Waals surface area contributed by atoms with E-state index in [0.717, 1.165) is 15.5 Å². The molecule has 6 nitrogen and oxygen atoms in total. The van der Waals surface area contributed by atoms with Crippen LogP contribution in [0, 0.1) is 0 Å². The molecule has 2 aromatic heterocycles. The fourth-order valence-electron chi connectivity index (χ4n) is 1.97. The molecule has 23 heavy (non-hydrogen) atoms. The number of aliphatic hydroxyl groups excluding tert-OH is 1. The lowest BCUT2D eigenvalue weighted by molar-refractivity contribution is 0.211. The van der Waals surface area contributed by atoms with Crippen molar-refractivity contribution in [2.45, 2.75) is 6.61 Å². The molecule has 0 amide bonds. The van der Waals surface area contributed by atoms with Crippen molar-refractivity contribution >= 4 is 27.0 Å². The molecule has 0 aliphatic rings. The van der Waals surface area contributed by atoms with Crippen LogP contribution in [0.2, 0.25) is 0 Å². The summed E-state index contributed by atoms with van der Waals surface area (Å²) in [6.45, 7) is 0.606. The summed E-state index contributed by atoms with van der Waals surface area (Å²) in [5.41, 5.74) is 2.27. The maximum absolute atomic E-state index is 9.05. The Morgan fingerprint density at radius 3 is 2.74 bits per heavy atom. The molecular formula is C16H14BrN3O3. The van der Waals surface area contributed by atoms with Crippen LogP contribution < -0.4 is 9.47 Å². The Hall–Kier alpha value is -2.25. The van der Waals surface area contributed by atoms with Gasteiger partial charge in [0.15, 0.2) is 0 Å². The average molecular weight is 376 g/mol. The topological polar surface area (TPSA) is 77.4 Å². The third-order valence-corrected chi connectivity index (χ3v) is 3.53. The Labute approximate surface area is 141 Å². The second kappa shape index (κ2) is 7.34. The predicted octanol–water partition coefficient (Wildman–Crippen LogP) is 2.74. The summed E-state index contributed by atoms with van der Waals surface area (Å²) < 4.78 is 12.0. The lowest BCUT2D eigenvalue weighted by Crippen LogP contribution is -2.10. The van der Waals surface area contributed by atoms with E-state index in [4.69, 9.17) is 14.6 Å². The molecule has 3 aromatic rings. The van der Waals surface area contributed by atoms with Crippen molar-refractivity contribution in [3.05, 3.63) is 52.9 Å². The van der Waals surface area contributed by atoms with Gasteiger partial charge in [-0.05, 0) is 29.8 Å². The van der Waals surface area contributed by atoms with E-state index in [2.05, 4.69) is 30.9 Å². The summed E-state index contributed by atoms with van der Waals surface area (Å²) in [6.07, 6.45) is 4.77. The predicted molar refractivity (Wildman–Crippen MR) is 88.4 cm³/mol. The zero-order valence-electron chi connectivity index (χ0n) is 12.1. The van der Waals surface area contributed by atoms with E-state index in [1.807, 2.05) is 18.2 Å². The van der Waals surface area contributed by atoms with Gasteiger partial charge in [0.1, 0.15) is 19.0 Å². The van der Waals surface area contributed by atoms with Gasteiger partial charge in [0.05, 0.1) is 30.0 Å². The smallest absolute Gasteiger partial charge is 0.233 e. The summed E-state index contributed by atoms with van der Waals surface area (Å²) in [5, 5.41) is 9.05. The minimum absolute atomic E-state index is 0.0665. The van der Waals surface area contributed by atoms with Crippen molar-refractivity contribution in [1.29, 1.82) is 0 Å². The molecule has 0 aliphatic carbocycles. The first-order valence-electron chi connectivity index (χ1n) is 6.97. The average Bonchev–Trinajstić information content (AvgIpc) is 2.58. The van der Waals surface area contributed by atoms with E-state index < -0.39 is 0 Å². The SMILES string of the molecule is OCc1cncc(OCCOc2cnc3ccc(Br)cc3n2)c1. The van der Waals surface area contributed by atoms with Gasteiger partial charge < -0.3 is 14.6 Å². The zero-order valence-corrected chi connectivity index (χ0v) is 13.7. The van der Waals surface area contributed by atoms with Gasteiger partial charge in [-0.1, -0.05) is 15.9 Å². The first kappa shape index (κ1) is 15.6. The number of halogens is 1. The number of hydrogen-bond acceptors (Lipinski definition) is 6. The molecule has 3 rings (SSSR count). The highest BCUT2D eigenvalue weighted by Gasteiger charge is 2.02. The van der Waals surface area contributed by atoms with Crippen LogP contribution in [0.1, 0.15) is 5.56 Å². The van der Waals surface area contributed by atoms with Crippen LogP contribution in [0.3, 0.4) is 0 Å². The van der Waals surface area contributed by atoms with Crippen LogP contribution in [0.25, 0.3) is 11.0 Å². The van der Waals surface area contributed by atoms with Crippen LogP contribution >= 0.6 is 15.9 Å². The van der Waals surface area contributed by atoms with Crippen molar-refractivity contribution in [1.82, 2.24) is 15.0 Å². The van der Waals surface area contributed by atoms with E-state index in [-0.39, 0.29) is 6.61 Å². The van der Waals surface area contributed by atoms with E-state index >= 15 is 0 Å². The summed E-state index contributed by atoms with van der Waals surface area (Å²) >= 11 is 3.41. The normalized spacial score (nSPS) is 10.7. The molecular weight excluding hydrogens is 362 g/mol. The summed E-state index contributed by atoms with van der Waals surface area (Å²) in [5.74, 6) is 1.04.